The number of nitrogens with zero attached hydrogens (tertiary/aromatic N) is 1. The molecule has 0 aromatic heterocycles. The first-order chi connectivity index (χ1) is 9.67. The number of rotatable bonds is 5. The lowest BCUT2D eigenvalue weighted by atomic mass is 10.0. The Morgan fingerprint density at radius 3 is 2.00 bits per heavy atom. The summed E-state index contributed by atoms with van der Waals surface area (Å²) in [5.74, 6) is 1.60. The molecule has 1 aromatic rings. The van der Waals surface area contributed by atoms with Crippen LogP contribution >= 0.6 is 0 Å². The molecule has 1 aliphatic rings. The Bertz CT molecular complexity index is 413. The molecule has 0 unspecified atom stereocenters. The van der Waals surface area contributed by atoms with E-state index in [0.717, 1.165) is 50.4 Å². The van der Waals surface area contributed by atoms with E-state index in [1.807, 2.05) is 6.92 Å². The number of β-amino-alcohol motifs (C(OH)–C–C–N with tert-alkyl or cyclic N) is 1. The molecule has 0 fully saturated rings. The van der Waals surface area contributed by atoms with Gasteiger partial charge in [0, 0.05) is 19.6 Å². The van der Waals surface area contributed by atoms with Gasteiger partial charge >= 0.3 is 0 Å². The smallest absolute Gasteiger partial charge is 0.161 e. The second kappa shape index (κ2) is 6.95. The van der Waals surface area contributed by atoms with Crippen LogP contribution in [0.4, 0.5) is 0 Å². The second-order valence-corrected chi connectivity index (χ2v) is 5.34. The van der Waals surface area contributed by atoms with Crippen LogP contribution in [0.25, 0.3) is 0 Å². The average Bonchev–Trinajstić information content (AvgIpc) is 2.67. The van der Waals surface area contributed by atoms with E-state index in [1.165, 1.54) is 11.1 Å². The first kappa shape index (κ1) is 15.1. The molecule has 0 saturated heterocycles. The number of fused-ring (bicyclic) bond motifs is 1. The molecule has 112 valence electrons. The summed E-state index contributed by atoms with van der Waals surface area (Å²) in [5.41, 5.74) is 2.66. The topological polar surface area (TPSA) is 41.9 Å². The molecule has 4 heteroatoms. The van der Waals surface area contributed by atoms with Crippen molar-refractivity contribution in [1.29, 1.82) is 0 Å². The lowest BCUT2D eigenvalue weighted by molar-refractivity contribution is 0.111. The van der Waals surface area contributed by atoms with Gasteiger partial charge in [-0.15, -0.1) is 0 Å². The third-order valence-electron chi connectivity index (χ3n) is 4.04. The molecular formula is C16H25NO3. The maximum Gasteiger partial charge on any atom is 0.161 e. The highest BCUT2D eigenvalue weighted by Crippen LogP contribution is 2.32. The van der Waals surface area contributed by atoms with Gasteiger partial charge in [-0.05, 0) is 42.5 Å². The van der Waals surface area contributed by atoms with Gasteiger partial charge in [-0.3, -0.25) is 0 Å². The summed E-state index contributed by atoms with van der Waals surface area (Å²) in [5, 5.41) is 9.80. The molecule has 4 nitrogen and oxygen atoms in total. The number of ether oxygens (including phenoxy) is 2. The van der Waals surface area contributed by atoms with Crippen molar-refractivity contribution in [3.05, 3.63) is 23.3 Å². The summed E-state index contributed by atoms with van der Waals surface area (Å²) < 4.78 is 10.7. The van der Waals surface area contributed by atoms with Gasteiger partial charge in [-0.25, -0.2) is 0 Å². The third kappa shape index (κ3) is 3.44. The summed E-state index contributed by atoms with van der Waals surface area (Å²) in [6.07, 6.45) is 2.57. The van der Waals surface area contributed by atoms with Gasteiger partial charge in [0.25, 0.3) is 0 Å². The van der Waals surface area contributed by atoms with Crippen molar-refractivity contribution in [2.45, 2.75) is 32.3 Å². The van der Waals surface area contributed by atoms with Crippen LogP contribution in [-0.2, 0) is 12.8 Å². The van der Waals surface area contributed by atoms with Crippen LogP contribution in [0.3, 0.4) is 0 Å². The molecule has 0 amide bonds. The van der Waals surface area contributed by atoms with Gasteiger partial charge in [0.2, 0.25) is 0 Å². The van der Waals surface area contributed by atoms with Gasteiger partial charge < -0.3 is 19.5 Å². The zero-order chi connectivity index (χ0) is 14.5. The Morgan fingerprint density at radius 2 is 1.60 bits per heavy atom. The molecule has 0 bridgehead atoms. The number of benzene rings is 1. The predicted molar refractivity (Wildman–Crippen MR) is 79.7 cm³/mol. The van der Waals surface area contributed by atoms with E-state index in [-0.39, 0.29) is 6.10 Å². The molecular weight excluding hydrogens is 254 g/mol. The molecule has 0 aliphatic carbocycles. The third-order valence-corrected chi connectivity index (χ3v) is 4.04. The lowest BCUT2D eigenvalue weighted by Gasteiger charge is -2.22. The number of methoxy groups -OCH3 is 2. The van der Waals surface area contributed by atoms with Crippen molar-refractivity contribution in [2.75, 3.05) is 33.9 Å². The standard InChI is InChI=1S/C16H25NO3/c1-4-14(18)11-17-7-5-12-9-15(19-2)16(20-3)10-13(12)6-8-17/h9-10,14,18H,4-8,11H2,1-3H3/t14-/m0/s1. The molecule has 2 rings (SSSR count). The fourth-order valence-corrected chi connectivity index (χ4v) is 2.71. The van der Waals surface area contributed by atoms with E-state index in [1.54, 1.807) is 14.2 Å². The maximum absolute atomic E-state index is 9.80. The van der Waals surface area contributed by atoms with E-state index in [2.05, 4.69) is 17.0 Å². The van der Waals surface area contributed by atoms with E-state index >= 15 is 0 Å². The van der Waals surface area contributed by atoms with Crippen LogP contribution in [-0.4, -0.2) is 50.0 Å². The average molecular weight is 279 g/mol. The molecule has 20 heavy (non-hydrogen) atoms. The predicted octanol–water partition coefficient (Wildman–Crippen LogP) is 1.88. The van der Waals surface area contributed by atoms with E-state index in [0.29, 0.717) is 0 Å². The van der Waals surface area contributed by atoms with Gasteiger partial charge in [-0.2, -0.15) is 0 Å². The Morgan fingerprint density at radius 1 is 1.10 bits per heavy atom. The van der Waals surface area contributed by atoms with Crippen molar-refractivity contribution in [3.63, 3.8) is 0 Å². The summed E-state index contributed by atoms with van der Waals surface area (Å²) in [6.45, 7) is 4.75. The summed E-state index contributed by atoms with van der Waals surface area (Å²) in [6, 6.07) is 4.18. The Kier molecular flexibility index (Phi) is 5.26. The van der Waals surface area contributed by atoms with Crippen LogP contribution in [0.2, 0.25) is 0 Å². The van der Waals surface area contributed by atoms with Crippen molar-refractivity contribution in [3.8, 4) is 11.5 Å². The Hall–Kier alpha value is -1.26. The summed E-state index contributed by atoms with van der Waals surface area (Å²) >= 11 is 0. The molecule has 1 N–H and O–H groups in total. The molecule has 1 heterocycles. The molecule has 1 atom stereocenters. The largest absolute Gasteiger partial charge is 0.493 e. The van der Waals surface area contributed by atoms with Gasteiger partial charge in [0.15, 0.2) is 11.5 Å². The minimum absolute atomic E-state index is 0.222. The molecule has 0 spiro atoms. The first-order valence-corrected chi connectivity index (χ1v) is 7.32. The molecule has 1 aromatic carbocycles. The highest BCUT2D eigenvalue weighted by atomic mass is 16.5. The van der Waals surface area contributed by atoms with Gasteiger partial charge in [0.1, 0.15) is 0 Å². The van der Waals surface area contributed by atoms with Crippen LogP contribution in [0.5, 0.6) is 11.5 Å². The Balaban J connectivity index is 2.12. The zero-order valence-electron chi connectivity index (χ0n) is 12.7. The minimum Gasteiger partial charge on any atom is -0.493 e. The van der Waals surface area contributed by atoms with E-state index in [4.69, 9.17) is 9.47 Å². The number of hydrogen-bond donors (Lipinski definition) is 1. The van der Waals surface area contributed by atoms with Crippen molar-refractivity contribution in [2.24, 2.45) is 0 Å². The number of aliphatic hydroxyl groups excluding tert-OH is 1. The van der Waals surface area contributed by atoms with Gasteiger partial charge in [-0.1, -0.05) is 6.92 Å². The second-order valence-electron chi connectivity index (χ2n) is 5.34. The van der Waals surface area contributed by atoms with Gasteiger partial charge in [0.05, 0.1) is 20.3 Å². The fourth-order valence-electron chi connectivity index (χ4n) is 2.71. The monoisotopic (exact) mass is 279 g/mol. The van der Waals surface area contributed by atoms with E-state index < -0.39 is 0 Å². The highest BCUT2D eigenvalue weighted by Gasteiger charge is 2.18. The van der Waals surface area contributed by atoms with Crippen LogP contribution in [0.15, 0.2) is 12.1 Å². The quantitative estimate of drug-likeness (QED) is 0.893. The molecule has 0 radical (unpaired) electrons. The number of hydrogen-bond acceptors (Lipinski definition) is 4. The SMILES string of the molecule is CC[C@H](O)CN1CCc2cc(OC)c(OC)cc2CC1. The maximum atomic E-state index is 9.80. The molecule has 1 aliphatic heterocycles. The summed E-state index contributed by atoms with van der Waals surface area (Å²) in [4.78, 5) is 2.34. The normalized spacial score (nSPS) is 17.2. The van der Waals surface area contributed by atoms with Crippen LogP contribution in [0, 0.1) is 0 Å². The van der Waals surface area contributed by atoms with Crippen molar-refractivity contribution < 1.29 is 14.6 Å². The van der Waals surface area contributed by atoms with E-state index in [9.17, 15) is 5.11 Å². The lowest BCUT2D eigenvalue weighted by Crippen LogP contribution is -2.34. The first-order valence-electron chi connectivity index (χ1n) is 7.32. The minimum atomic E-state index is -0.222. The van der Waals surface area contributed by atoms with Crippen LogP contribution in [0.1, 0.15) is 24.5 Å². The fraction of sp³-hybridized carbons (Fsp3) is 0.625. The van der Waals surface area contributed by atoms with Crippen molar-refractivity contribution in [1.82, 2.24) is 4.90 Å². The Labute approximate surface area is 121 Å². The number of aliphatic hydroxyl groups is 1. The zero-order valence-corrected chi connectivity index (χ0v) is 12.7. The molecule has 0 saturated carbocycles. The van der Waals surface area contributed by atoms with Crippen molar-refractivity contribution >= 4 is 0 Å². The van der Waals surface area contributed by atoms with Crippen LogP contribution < -0.4 is 9.47 Å². The summed E-state index contributed by atoms with van der Waals surface area (Å²) in [7, 11) is 3.34. The highest BCUT2D eigenvalue weighted by molar-refractivity contribution is 5.48.